The average Bonchev–Trinajstić information content (AvgIpc) is 3.26. The third-order valence-electron chi connectivity index (χ3n) is 7.57. The third-order valence-corrected chi connectivity index (χ3v) is 7.57. The van der Waals surface area contributed by atoms with Crippen molar-refractivity contribution in [3.63, 3.8) is 0 Å². The molecule has 1 heterocycles. The molecule has 2 atom stereocenters. The van der Waals surface area contributed by atoms with E-state index < -0.39 is 0 Å². The van der Waals surface area contributed by atoms with Gasteiger partial charge in [0.25, 0.3) is 0 Å². The maximum Gasteiger partial charge on any atom is 0.127 e. The molecule has 0 fully saturated rings. The average molecular weight is 467 g/mol. The summed E-state index contributed by atoms with van der Waals surface area (Å²) in [4.78, 5) is 5.24. The van der Waals surface area contributed by atoms with E-state index in [1.165, 1.54) is 55.3 Å². The van der Waals surface area contributed by atoms with Crippen LogP contribution in [0.2, 0.25) is 0 Å². The molecular formula is C33H42N2. The van der Waals surface area contributed by atoms with Crippen LogP contribution in [0.5, 0.6) is 0 Å². The van der Waals surface area contributed by atoms with Crippen LogP contribution in [0.25, 0.3) is 0 Å². The molecule has 1 aliphatic rings. The lowest BCUT2D eigenvalue weighted by Gasteiger charge is -2.51. The first kappa shape index (κ1) is 25.1. The Morgan fingerprint density at radius 2 is 1.26 bits per heavy atom. The zero-order valence-corrected chi connectivity index (χ0v) is 21.7. The number of unbranched alkanes of at least 4 members (excludes halogenated alkanes) is 5. The third kappa shape index (κ3) is 5.81. The maximum atomic E-state index is 2.67. The Bertz CT molecular complexity index is 1010. The quantitative estimate of drug-likeness (QED) is 0.232. The molecule has 2 heteroatoms. The van der Waals surface area contributed by atoms with Crippen LogP contribution >= 0.6 is 0 Å². The molecule has 3 aromatic rings. The predicted octanol–water partition coefficient (Wildman–Crippen LogP) is 8.77. The molecule has 0 spiro atoms. The van der Waals surface area contributed by atoms with E-state index in [9.17, 15) is 0 Å². The number of anilines is 1. The number of hydrogen-bond donors (Lipinski definition) is 0. The Balaban J connectivity index is 1.74. The fourth-order valence-corrected chi connectivity index (χ4v) is 5.86. The summed E-state index contributed by atoms with van der Waals surface area (Å²) in [5.74, 6) is 0.360. The molecule has 1 aliphatic heterocycles. The number of benzene rings is 3. The SMILES string of the molecule is CCCCCCCCN1C=CN(c2ccccc2)C1(Cc1ccccc1)C(CC)c1ccccc1. The molecule has 0 N–H and O–H groups in total. The smallest absolute Gasteiger partial charge is 0.127 e. The van der Waals surface area contributed by atoms with Gasteiger partial charge in [0.05, 0.1) is 0 Å². The van der Waals surface area contributed by atoms with Crippen LogP contribution in [0.3, 0.4) is 0 Å². The standard InChI is InChI=1S/C33H42N2/c1-3-5-6-7-8-18-25-34-26-27-35(31-23-16-11-17-24-31)33(34,28-29-19-12-9-13-20-29)32(4-2)30-21-14-10-15-22-30/h9-17,19-24,26-27,32H,3-8,18,25,28H2,1-2H3. The van der Waals surface area contributed by atoms with Crippen molar-refractivity contribution in [2.24, 2.45) is 0 Å². The highest BCUT2D eigenvalue weighted by Gasteiger charge is 2.49. The number of rotatable bonds is 13. The molecule has 0 aromatic heterocycles. The highest BCUT2D eigenvalue weighted by Crippen LogP contribution is 2.47. The normalized spacial score (nSPS) is 18.2. The van der Waals surface area contributed by atoms with Gasteiger partial charge < -0.3 is 9.80 Å². The van der Waals surface area contributed by atoms with Gasteiger partial charge in [-0.05, 0) is 36.1 Å². The van der Waals surface area contributed by atoms with E-state index in [1.54, 1.807) is 0 Å². The summed E-state index contributed by atoms with van der Waals surface area (Å²) in [5.41, 5.74) is 3.88. The van der Waals surface area contributed by atoms with Crippen molar-refractivity contribution in [2.45, 2.75) is 76.8 Å². The lowest BCUT2D eigenvalue weighted by molar-refractivity contribution is 0.125. The van der Waals surface area contributed by atoms with E-state index >= 15 is 0 Å². The first-order chi connectivity index (χ1) is 17.3. The molecule has 184 valence electrons. The molecule has 0 radical (unpaired) electrons. The second-order valence-electron chi connectivity index (χ2n) is 9.88. The van der Waals surface area contributed by atoms with E-state index in [2.05, 4.69) is 127 Å². The Labute approximate surface area is 213 Å². The van der Waals surface area contributed by atoms with Crippen LogP contribution in [-0.2, 0) is 6.42 Å². The summed E-state index contributed by atoms with van der Waals surface area (Å²) >= 11 is 0. The van der Waals surface area contributed by atoms with Crippen LogP contribution in [0.15, 0.2) is 103 Å². The lowest BCUT2D eigenvalue weighted by atomic mass is 9.78. The number of nitrogens with zero attached hydrogens (tertiary/aromatic N) is 2. The molecular weight excluding hydrogens is 424 g/mol. The van der Waals surface area contributed by atoms with Crippen molar-refractivity contribution in [2.75, 3.05) is 11.4 Å². The van der Waals surface area contributed by atoms with E-state index in [0.717, 1.165) is 19.4 Å². The van der Waals surface area contributed by atoms with Gasteiger partial charge in [0, 0.05) is 37.0 Å². The Morgan fingerprint density at radius 3 is 1.91 bits per heavy atom. The maximum absolute atomic E-state index is 2.67. The molecule has 0 saturated carbocycles. The van der Waals surface area contributed by atoms with Crippen molar-refractivity contribution in [1.29, 1.82) is 0 Å². The fourth-order valence-electron chi connectivity index (χ4n) is 5.86. The van der Waals surface area contributed by atoms with Gasteiger partial charge in [0.2, 0.25) is 0 Å². The summed E-state index contributed by atoms with van der Waals surface area (Å²) in [7, 11) is 0. The zero-order chi connectivity index (χ0) is 24.3. The lowest BCUT2D eigenvalue weighted by Crippen LogP contribution is -2.59. The van der Waals surface area contributed by atoms with Gasteiger partial charge >= 0.3 is 0 Å². The van der Waals surface area contributed by atoms with Gasteiger partial charge in [0.1, 0.15) is 5.66 Å². The molecule has 0 amide bonds. The minimum atomic E-state index is -0.192. The van der Waals surface area contributed by atoms with Crippen LogP contribution in [0, 0.1) is 0 Å². The predicted molar refractivity (Wildman–Crippen MR) is 150 cm³/mol. The molecule has 2 nitrogen and oxygen atoms in total. The van der Waals surface area contributed by atoms with Gasteiger partial charge in [-0.25, -0.2) is 0 Å². The van der Waals surface area contributed by atoms with Gasteiger partial charge in [-0.2, -0.15) is 0 Å². The Morgan fingerprint density at radius 1 is 0.657 bits per heavy atom. The summed E-state index contributed by atoms with van der Waals surface area (Å²) in [6.07, 6.45) is 14.7. The monoisotopic (exact) mass is 466 g/mol. The number of para-hydroxylation sites is 1. The van der Waals surface area contributed by atoms with E-state index in [4.69, 9.17) is 0 Å². The van der Waals surface area contributed by atoms with Crippen molar-refractivity contribution in [1.82, 2.24) is 4.90 Å². The molecule has 0 saturated heterocycles. The fraction of sp³-hybridized carbons (Fsp3) is 0.394. The zero-order valence-electron chi connectivity index (χ0n) is 21.7. The second kappa shape index (κ2) is 12.6. The minimum absolute atomic E-state index is 0.192. The summed E-state index contributed by atoms with van der Waals surface area (Å²) in [5, 5.41) is 0. The minimum Gasteiger partial charge on any atom is -0.352 e. The summed E-state index contributed by atoms with van der Waals surface area (Å²) in [6, 6.07) is 33.2. The number of hydrogen-bond acceptors (Lipinski definition) is 2. The first-order valence-electron chi connectivity index (χ1n) is 13.7. The van der Waals surface area contributed by atoms with Crippen LogP contribution in [0.1, 0.15) is 75.8 Å². The van der Waals surface area contributed by atoms with Gasteiger partial charge in [-0.3, -0.25) is 0 Å². The highest BCUT2D eigenvalue weighted by atomic mass is 15.4. The van der Waals surface area contributed by atoms with E-state index in [-0.39, 0.29) is 5.66 Å². The Kier molecular flexibility index (Phi) is 9.06. The topological polar surface area (TPSA) is 6.48 Å². The molecule has 3 aromatic carbocycles. The van der Waals surface area contributed by atoms with Gasteiger partial charge in [-0.15, -0.1) is 0 Å². The molecule has 0 aliphatic carbocycles. The summed E-state index contributed by atoms with van der Waals surface area (Å²) < 4.78 is 0. The van der Waals surface area contributed by atoms with Crippen LogP contribution in [-0.4, -0.2) is 17.1 Å². The van der Waals surface area contributed by atoms with Crippen molar-refractivity contribution in [3.8, 4) is 0 Å². The Hall–Kier alpha value is -3.00. The van der Waals surface area contributed by atoms with Crippen molar-refractivity contribution in [3.05, 3.63) is 115 Å². The van der Waals surface area contributed by atoms with Gasteiger partial charge in [-0.1, -0.05) is 125 Å². The summed E-state index contributed by atoms with van der Waals surface area (Å²) in [6.45, 7) is 5.73. The largest absolute Gasteiger partial charge is 0.352 e. The van der Waals surface area contributed by atoms with E-state index in [0.29, 0.717) is 5.92 Å². The van der Waals surface area contributed by atoms with E-state index in [1.807, 2.05) is 0 Å². The van der Waals surface area contributed by atoms with Crippen molar-refractivity contribution < 1.29 is 0 Å². The molecule has 4 rings (SSSR count). The first-order valence-corrected chi connectivity index (χ1v) is 13.7. The molecule has 0 bridgehead atoms. The highest BCUT2D eigenvalue weighted by molar-refractivity contribution is 5.56. The van der Waals surface area contributed by atoms with Crippen molar-refractivity contribution >= 4 is 5.69 Å². The molecule has 35 heavy (non-hydrogen) atoms. The molecule has 2 unspecified atom stereocenters. The van der Waals surface area contributed by atoms with Crippen LogP contribution < -0.4 is 4.90 Å². The second-order valence-corrected chi connectivity index (χ2v) is 9.88. The van der Waals surface area contributed by atoms with Gasteiger partial charge in [0.15, 0.2) is 0 Å². The van der Waals surface area contributed by atoms with Crippen LogP contribution in [0.4, 0.5) is 5.69 Å².